The van der Waals surface area contributed by atoms with Gasteiger partial charge in [-0.2, -0.15) is 0 Å². The molecule has 0 radical (unpaired) electrons. The minimum Gasteiger partial charge on any atom is -0.379 e. The van der Waals surface area contributed by atoms with Gasteiger partial charge in [-0.25, -0.2) is 8.78 Å². The van der Waals surface area contributed by atoms with E-state index in [1.54, 1.807) is 0 Å². The van der Waals surface area contributed by atoms with E-state index in [1.165, 1.54) is 12.1 Å². The lowest BCUT2D eigenvalue weighted by Crippen LogP contribution is -2.33. The van der Waals surface area contributed by atoms with Crippen molar-refractivity contribution in [3.8, 4) is 0 Å². The van der Waals surface area contributed by atoms with Gasteiger partial charge in [0.2, 0.25) is 0 Å². The quantitative estimate of drug-likeness (QED) is 0.645. The van der Waals surface area contributed by atoms with Crippen molar-refractivity contribution in [1.82, 2.24) is 5.32 Å². The van der Waals surface area contributed by atoms with Gasteiger partial charge in [0.15, 0.2) is 0 Å². The van der Waals surface area contributed by atoms with Crippen LogP contribution in [0.15, 0.2) is 18.2 Å². The van der Waals surface area contributed by atoms with E-state index in [2.05, 4.69) is 10.6 Å². The van der Waals surface area contributed by atoms with Crippen molar-refractivity contribution in [3.05, 3.63) is 29.8 Å². The number of halogens is 2. The number of nitrogens with two attached hydrogens (primary N) is 1. The van der Waals surface area contributed by atoms with Crippen molar-refractivity contribution in [2.45, 2.75) is 13.0 Å². The van der Waals surface area contributed by atoms with Gasteiger partial charge in [-0.3, -0.25) is 0 Å². The van der Waals surface area contributed by atoms with E-state index in [-0.39, 0.29) is 6.04 Å². The molecule has 16 heavy (non-hydrogen) atoms. The van der Waals surface area contributed by atoms with Gasteiger partial charge in [0.1, 0.15) is 11.6 Å². The van der Waals surface area contributed by atoms with E-state index < -0.39 is 11.6 Å². The minimum atomic E-state index is -0.578. The fourth-order valence-electron chi connectivity index (χ4n) is 1.34. The van der Waals surface area contributed by atoms with Crippen LogP contribution in [-0.2, 0) is 0 Å². The zero-order valence-corrected chi connectivity index (χ0v) is 9.26. The maximum atomic E-state index is 13.3. The first-order valence-electron chi connectivity index (χ1n) is 5.26. The predicted molar refractivity (Wildman–Crippen MR) is 61.4 cm³/mol. The first kappa shape index (κ1) is 12.9. The van der Waals surface area contributed by atoms with Crippen LogP contribution < -0.4 is 16.4 Å². The van der Waals surface area contributed by atoms with Gasteiger partial charge in [0.05, 0.1) is 5.69 Å². The molecule has 4 N–H and O–H groups in total. The summed E-state index contributed by atoms with van der Waals surface area (Å²) in [6, 6.07) is 3.53. The van der Waals surface area contributed by atoms with Crippen LogP contribution in [0.2, 0.25) is 0 Å². The monoisotopic (exact) mass is 229 g/mol. The summed E-state index contributed by atoms with van der Waals surface area (Å²) in [6.45, 7) is 3.87. The molecule has 0 bridgehead atoms. The fraction of sp³-hybridized carbons (Fsp3) is 0.455. The van der Waals surface area contributed by atoms with Crippen LogP contribution >= 0.6 is 0 Å². The lowest BCUT2D eigenvalue weighted by Gasteiger charge is -2.16. The summed E-state index contributed by atoms with van der Waals surface area (Å²) < 4.78 is 25.9. The van der Waals surface area contributed by atoms with Crippen LogP contribution in [0.4, 0.5) is 14.5 Å². The average molecular weight is 229 g/mol. The molecule has 5 heteroatoms. The number of nitrogens with one attached hydrogen (secondary N) is 2. The summed E-state index contributed by atoms with van der Waals surface area (Å²) >= 11 is 0. The SMILES string of the molecule is CC(CNCCN)Nc1ccc(F)cc1F. The smallest absolute Gasteiger partial charge is 0.149 e. The third-order valence-electron chi connectivity index (χ3n) is 2.10. The van der Waals surface area contributed by atoms with Crippen LogP contribution in [0.25, 0.3) is 0 Å². The van der Waals surface area contributed by atoms with Gasteiger partial charge >= 0.3 is 0 Å². The highest BCUT2D eigenvalue weighted by atomic mass is 19.1. The summed E-state index contributed by atoms with van der Waals surface area (Å²) in [7, 11) is 0. The largest absolute Gasteiger partial charge is 0.379 e. The number of anilines is 1. The van der Waals surface area contributed by atoms with Gasteiger partial charge in [-0.15, -0.1) is 0 Å². The molecule has 0 saturated carbocycles. The number of rotatable bonds is 6. The Morgan fingerprint density at radius 3 is 2.75 bits per heavy atom. The molecule has 90 valence electrons. The van der Waals surface area contributed by atoms with Crippen molar-refractivity contribution in [2.75, 3.05) is 25.0 Å². The number of benzene rings is 1. The Hall–Kier alpha value is -1.20. The lowest BCUT2D eigenvalue weighted by molar-refractivity contribution is 0.580. The van der Waals surface area contributed by atoms with Crippen molar-refractivity contribution in [1.29, 1.82) is 0 Å². The minimum absolute atomic E-state index is 0.0477. The first-order valence-corrected chi connectivity index (χ1v) is 5.26. The molecule has 0 saturated heterocycles. The Morgan fingerprint density at radius 2 is 2.12 bits per heavy atom. The highest BCUT2D eigenvalue weighted by Gasteiger charge is 2.06. The van der Waals surface area contributed by atoms with Crippen molar-refractivity contribution < 1.29 is 8.78 Å². The topological polar surface area (TPSA) is 50.1 Å². The van der Waals surface area contributed by atoms with Crippen molar-refractivity contribution in [3.63, 3.8) is 0 Å². The molecule has 0 aliphatic rings. The number of hydrogen-bond acceptors (Lipinski definition) is 3. The molecule has 0 fully saturated rings. The molecule has 1 unspecified atom stereocenters. The molecule has 1 atom stereocenters. The molecule has 1 aromatic carbocycles. The maximum Gasteiger partial charge on any atom is 0.149 e. The number of hydrogen-bond donors (Lipinski definition) is 3. The van der Waals surface area contributed by atoms with Gasteiger partial charge in [-0.05, 0) is 19.1 Å². The summed E-state index contributed by atoms with van der Waals surface area (Å²) in [5, 5.41) is 6.05. The summed E-state index contributed by atoms with van der Waals surface area (Å²) in [4.78, 5) is 0. The van der Waals surface area contributed by atoms with E-state index in [9.17, 15) is 8.78 Å². The standard InChI is InChI=1S/C11H17F2N3/c1-8(7-15-5-4-14)16-11-3-2-9(12)6-10(11)13/h2-3,6,8,15-16H,4-5,7,14H2,1H3. The molecule has 0 aliphatic heterocycles. The van der Waals surface area contributed by atoms with Gasteiger partial charge < -0.3 is 16.4 Å². The zero-order valence-electron chi connectivity index (χ0n) is 9.26. The van der Waals surface area contributed by atoms with E-state index in [0.717, 1.165) is 12.6 Å². The molecule has 3 nitrogen and oxygen atoms in total. The van der Waals surface area contributed by atoms with Crippen LogP contribution in [0, 0.1) is 11.6 Å². The van der Waals surface area contributed by atoms with E-state index in [0.29, 0.717) is 18.8 Å². The van der Waals surface area contributed by atoms with E-state index in [1.807, 2.05) is 6.92 Å². The highest BCUT2D eigenvalue weighted by molar-refractivity contribution is 5.45. The van der Waals surface area contributed by atoms with E-state index in [4.69, 9.17) is 5.73 Å². The fourth-order valence-corrected chi connectivity index (χ4v) is 1.34. The van der Waals surface area contributed by atoms with Gasteiger partial charge in [0.25, 0.3) is 0 Å². The molecule has 0 heterocycles. The van der Waals surface area contributed by atoms with Gasteiger partial charge in [-0.1, -0.05) is 0 Å². The van der Waals surface area contributed by atoms with Crippen LogP contribution in [0.1, 0.15) is 6.92 Å². The lowest BCUT2D eigenvalue weighted by atomic mass is 10.2. The van der Waals surface area contributed by atoms with Crippen LogP contribution in [0.5, 0.6) is 0 Å². The summed E-state index contributed by atoms with van der Waals surface area (Å²) in [5.41, 5.74) is 5.63. The second kappa shape index (κ2) is 6.40. The van der Waals surface area contributed by atoms with E-state index >= 15 is 0 Å². The van der Waals surface area contributed by atoms with Crippen molar-refractivity contribution >= 4 is 5.69 Å². The van der Waals surface area contributed by atoms with Crippen LogP contribution in [0.3, 0.4) is 0 Å². The van der Waals surface area contributed by atoms with Crippen LogP contribution in [-0.4, -0.2) is 25.7 Å². The molecular weight excluding hydrogens is 212 g/mol. The zero-order chi connectivity index (χ0) is 12.0. The Morgan fingerprint density at radius 1 is 1.38 bits per heavy atom. The maximum absolute atomic E-state index is 13.3. The third kappa shape index (κ3) is 4.12. The molecule has 0 amide bonds. The third-order valence-corrected chi connectivity index (χ3v) is 2.10. The summed E-state index contributed by atoms with van der Waals surface area (Å²) in [6.07, 6.45) is 0. The van der Waals surface area contributed by atoms with Gasteiger partial charge in [0, 0.05) is 31.7 Å². The summed E-state index contributed by atoms with van der Waals surface area (Å²) in [5.74, 6) is -1.15. The second-order valence-electron chi connectivity index (χ2n) is 3.66. The molecule has 0 aliphatic carbocycles. The molecule has 0 aromatic heterocycles. The van der Waals surface area contributed by atoms with Crippen molar-refractivity contribution in [2.24, 2.45) is 5.73 Å². The average Bonchev–Trinajstić information content (AvgIpc) is 2.23. The molecule has 0 spiro atoms. The Kier molecular flexibility index (Phi) is 5.14. The normalized spacial score (nSPS) is 12.5. The Bertz CT molecular complexity index is 331. The first-order chi connectivity index (χ1) is 7.63. The Balaban J connectivity index is 2.46. The molecule has 1 rings (SSSR count). The predicted octanol–water partition coefficient (Wildman–Crippen LogP) is 1.31. The molecule has 1 aromatic rings. The Labute approximate surface area is 94.0 Å². The molecular formula is C11H17F2N3. The second-order valence-corrected chi connectivity index (χ2v) is 3.66. The highest BCUT2D eigenvalue weighted by Crippen LogP contribution is 2.15.